The zero-order valence-electron chi connectivity index (χ0n) is 15.2. The summed E-state index contributed by atoms with van der Waals surface area (Å²) < 4.78 is 1.18. The van der Waals surface area contributed by atoms with Gasteiger partial charge in [0, 0.05) is 30.9 Å². The van der Waals surface area contributed by atoms with Crippen molar-refractivity contribution in [2.45, 2.75) is 19.9 Å². The molecule has 1 amide bonds. The molecular weight excluding hydrogens is 330 g/mol. The highest BCUT2D eigenvalue weighted by Crippen LogP contribution is 2.13. The molecule has 0 fully saturated rings. The van der Waals surface area contributed by atoms with E-state index in [1.807, 2.05) is 0 Å². The predicted molar refractivity (Wildman–Crippen MR) is 101 cm³/mol. The largest absolute Gasteiger partial charge is 0.353 e. The first kappa shape index (κ1) is 19.6. The second-order valence-corrected chi connectivity index (χ2v) is 5.90. The molecule has 1 aromatic carbocycles. The topological polar surface area (TPSA) is 71.4 Å². The minimum atomic E-state index is -1.22. The Hall–Kier alpha value is -2.73. The van der Waals surface area contributed by atoms with Crippen LogP contribution >= 0.6 is 0 Å². The Kier molecular flexibility index (Phi) is 7.29. The third-order valence-corrected chi connectivity index (χ3v) is 4.31. The lowest BCUT2D eigenvalue weighted by Crippen LogP contribution is -2.43. The van der Waals surface area contributed by atoms with E-state index in [1.165, 1.54) is 16.8 Å². The number of likely N-dealkylation sites (N-methyl/N-ethyl adjacent to an activating group) is 1. The average Bonchev–Trinajstić information content (AvgIpc) is 2.67. The predicted octanol–water partition coefficient (Wildman–Crippen LogP) is 1.73. The second kappa shape index (κ2) is 9.68. The van der Waals surface area contributed by atoms with Gasteiger partial charge in [-0.1, -0.05) is 50.2 Å². The van der Waals surface area contributed by atoms with Gasteiger partial charge in [0.2, 0.25) is 0 Å². The van der Waals surface area contributed by atoms with Gasteiger partial charge in [0.05, 0.1) is 0 Å². The lowest BCUT2D eigenvalue weighted by molar-refractivity contribution is -0.123. The first-order valence-electron chi connectivity index (χ1n) is 8.85. The number of benzene rings is 1. The van der Waals surface area contributed by atoms with E-state index in [9.17, 15) is 14.4 Å². The molecule has 6 heteroatoms. The van der Waals surface area contributed by atoms with Gasteiger partial charge in [-0.2, -0.15) is 0 Å². The van der Waals surface area contributed by atoms with E-state index in [0.29, 0.717) is 18.7 Å². The Balaban J connectivity index is 2.24. The van der Waals surface area contributed by atoms with Crippen LogP contribution in [0.3, 0.4) is 0 Å². The highest BCUT2D eigenvalue weighted by atomic mass is 16.2. The molecule has 1 N–H and O–H groups in total. The van der Waals surface area contributed by atoms with E-state index >= 15 is 0 Å². The molecule has 0 saturated carbocycles. The highest BCUT2D eigenvalue weighted by molar-refractivity contribution is 6.11. The number of nitrogens with one attached hydrogen (secondary N) is 1. The van der Waals surface area contributed by atoms with Crippen molar-refractivity contribution in [2.75, 3.05) is 26.2 Å². The zero-order valence-corrected chi connectivity index (χ0v) is 15.2. The van der Waals surface area contributed by atoms with Crippen molar-refractivity contribution in [1.29, 1.82) is 0 Å². The molecular formula is C20H25N3O3. The van der Waals surface area contributed by atoms with Crippen LogP contribution in [-0.4, -0.2) is 47.3 Å². The first-order valence-corrected chi connectivity index (χ1v) is 8.85. The third kappa shape index (κ3) is 4.89. The smallest absolute Gasteiger partial charge is 0.251 e. The number of carbonyl (C=O) groups is 2. The molecule has 0 saturated heterocycles. The summed E-state index contributed by atoms with van der Waals surface area (Å²) in [6.07, 6.45) is 1.47. The second-order valence-electron chi connectivity index (χ2n) is 5.90. The van der Waals surface area contributed by atoms with Crippen molar-refractivity contribution in [3.8, 4) is 0 Å². The monoisotopic (exact) mass is 355 g/mol. The number of amides is 1. The molecule has 2 aromatic rings. The van der Waals surface area contributed by atoms with Crippen LogP contribution in [-0.2, 0) is 4.79 Å². The number of ketones is 1. The molecule has 2 rings (SSSR count). The van der Waals surface area contributed by atoms with Crippen LogP contribution in [0.1, 0.15) is 30.2 Å². The quantitative estimate of drug-likeness (QED) is 0.549. The number of Topliss-reactive ketones (excluding diaryl/α,β-unsaturated/α-hetero) is 1. The van der Waals surface area contributed by atoms with Crippen LogP contribution in [0.5, 0.6) is 0 Å². The molecule has 26 heavy (non-hydrogen) atoms. The Morgan fingerprint density at radius 3 is 2.31 bits per heavy atom. The number of pyridine rings is 1. The van der Waals surface area contributed by atoms with Gasteiger partial charge < -0.3 is 10.2 Å². The molecule has 1 atom stereocenters. The normalized spacial score (nSPS) is 12.0. The molecule has 1 heterocycles. The van der Waals surface area contributed by atoms with Crippen LogP contribution in [0.25, 0.3) is 0 Å². The fourth-order valence-corrected chi connectivity index (χ4v) is 2.76. The summed E-state index contributed by atoms with van der Waals surface area (Å²) in [5.41, 5.74) is 0.00724. The average molecular weight is 355 g/mol. The third-order valence-electron chi connectivity index (χ3n) is 4.31. The molecule has 138 valence electrons. The molecule has 0 radical (unpaired) electrons. The molecule has 1 aromatic heterocycles. The van der Waals surface area contributed by atoms with Crippen molar-refractivity contribution in [3.63, 3.8) is 0 Å². The Bertz CT molecular complexity index is 782. The summed E-state index contributed by atoms with van der Waals surface area (Å²) in [5.74, 6) is -0.876. The number of hydrogen-bond donors (Lipinski definition) is 1. The van der Waals surface area contributed by atoms with Crippen LogP contribution in [0.4, 0.5) is 0 Å². The summed E-state index contributed by atoms with van der Waals surface area (Å²) in [7, 11) is 0. The number of hydrogen-bond acceptors (Lipinski definition) is 4. The van der Waals surface area contributed by atoms with E-state index in [2.05, 4.69) is 24.1 Å². The molecule has 0 aliphatic carbocycles. The molecule has 0 spiro atoms. The maximum atomic E-state index is 12.9. The van der Waals surface area contributed by atoms with Crippen molar-refractivity contribution in [2.24, 2.45) is 0 Å². The van der Waals surface area contributed by atoms with Gasteiger partial charge in [-0.3, -0.25) is 19.0 Å². The van der Waals surface area contributed by atoms with Crippen LogP contribution in [0.15, 0.2) is 59.5 Å². The fourth-order valence-electron chi connectivity index (χ4n) is 2.76. The number of nitrogens with zero attached hydrogens (tertiary/aromatic N) is 2. The minimum Gasteiger partial charge on any atom is -0.353 e. The van der Waals surface area contributed by atoms with Crippen molar-refractivity contribution in [3.05, 3.63) is 70.6 Å². The molecule has 0 unspecified atom stereocenters. The lowest BCUT2D eigenvalue weighted by atomic mass is 10.0. The Labute approximate surface area is 153 Å². The summed E-state index contributed by atoms with van der Waals surface area (Å²) in [6, 6.07) is 11.9. The van der Waals surface area contributed by atoms with Crippen molar-refractivity contribution >= 4 is 11.7 Å². The molecule has 0 aliphatic rings. The van der Waals surface area contributed by atoms with E-state index in [1.54, 1.807) is 42.5 Å². The van der Waals surface area contributed by atoms with Gasteiger partial charge in [0.15, 0.2) is 11.8 Å². The van der Waals surface area contributed by atoms with Crippen LogP contribution < -0.4 is 10.9 Å². The van der Waals surface area contributed by atoms with Crippen LogP contribution in [0, 0.1) is 0 Å². The molecule has 0 bridgehead atoms. The van der Waals surface area contributed by atoms with E-state index in [0.717, 1.165) is 13.1 Å². The number of aromatic nitrogens is 1. The molecule has 6 nitrogen and oxygen atoms in total. The van der Waals surface area contributed by atoms with Crippen molar-refractivity contribution in [1.82, 2.24) is 14.8 Å². The SMILES string of the molecule is CCN(CC)CCNC(=O)[C@H](C(=O)c1ccccc1)n1ccccc1=O. The summed E-state index contributed by atoms with van der Waals surface area (Å²) in [6.45, 7) is 6.98. The maximum Gasteiger partial charge on any atom is 0.251 e. The number of carbonyl (C=O) groups excluding carboxylic acids is 2. The maximum absolute atomic E-state index is 12.9. The minimum absolute atomic E-state index is 0.388. The highest BCUT2D eigenvalue weighted by Gasteiger charge is 2.29. The standard InChI is InChI=1S/C20H25N3O3/c1-3-22(4-2)15-13-21-20(26)18(23-14-9-8-12-17(23)24)19(25)16-10-6-5-7-11-16/h5-12,14,18H,3-4,13,15H2,1-2H3,(H,21,26)/t18-/m0/s1. The fraction of sp³-hybridized carbons (Fsp3) is 0.350. The van der Waals surface area contributed by atoms with Gasteiger partial charge in [0.1, 0.15) is 0 Å². The Morgan fingerprint density at radius 2 is 1.69 bits per heavy atom. The lowest BCUT2D eigenvalue weighted by Gasteiger charge is -2.21. The summed E-state index contributed by atoms with van der Waals surface area (Å²) in [4.78, 5) is 40.0. The van der Waals surface area contributed by atoms with E-state index in [4.69, 9.17) is 0 Å². The summed E-state index contributed by atoms with van der Waals surface area (Å²) in [5, 5.41) is 2.80. The summed E-state index contributed by atoms with van der Waals surface area (Å²) >= 11 is 0. The number of rotatable bonds is 9. The van der Waals surface area contributed by atoms with Crippen LogP contribution in [0.2, 0.25) is 0 Å². The van der Waals surface area contributed by atoms with E-state index < -0.39 is 17.7 Å². The van der Waals surface area contributed by atoms with Gasteiger partial charge in [0.25, 0.3) is 11.5 Å². The first-order chi connectivity index (χ1) is 12.6. The van der Waals surface area contributed by atoms with Gasteiger partial charge in [-0.05, 0) is 19.2 Å². The van der Waals surface area contributed by atoms with Gasteiger partial charge >= 0.3 is 0 Å². The molecule has 0 aliphatic heterocycles. The van der Waals surface area contributed by atoms with E-state index in [-0.39, 0.29) is 5.56 Å². The zero-order chi connectivity index (χ0) is 18.9. The van der Waals surface area contributed by atoms with Crippen molar-refractivity contribution < 1.29 is 9.59 Å². The van der Waals surface area contributed by atoms with Gasteiger partial charge in [-0.25, -0.2) is 0 Å². The Morgan fingerprint density at radius 1 is 1.04 bits per heavy atom. The van der Waals surface area contributed by atoms with Gasteiger partial charge in [-0.15, -0.1) is 0 Å².